The molecule has 0 saturated carbocycles. The van der Waals surface area contributed by atoms with E-state index < -0.39 is 0 Å². The molecule has 2 N–H and O–H groups in total. The van der Waals surface area contributed by atoms with Crippen LogP contribution >= 0.6 is 24.0 Å². The lowest BCUT2D eigenvalue weighted by Crippen LogP contribution is -2.43. The van der Waals surface area contributed by atoms with E-state index >= 15 is 0 Å². The molecule has 0 spiro atoms. The van der Waals surface area contributed by atoms with Crippen LogP contribution in [0.15, 0.2) is 29.3 Å². The van der Waals surface area contributed by atoms with E-state index in [1.54, 1.807) is 0 Å². The standard InChI is InChI=1S/C20H31N3O2.HI/c1-16-4-3-9-23(14-16)20(21)22-13-17-5-2-6-18(12-17)15-25-19-7-10-24-11-8-19;/h2,5-6,12,16,19H,3-4,7-11,13-15H2,1H3,(H2,21,22);1H. The van der Waals surface area contributed by atoms with Crippen molar-refractivity contribution in [3.63, 3.8) is 0 Å². The van der Waals surface area contributed by atoms with Gasteiger partial charge in [0.2, 0.25) is 0 Å². The Morgan fingerprint density at radius 2 is 2.04 bits per heavy atom. The molecule has 1 aromatic carbocycles. The summed E-state index contributed by atoms with van der Waals surface area (Å²) >= 11 is 0. The van der Waals surface area contributed by atoms with Crippen LogP contribution in [0, 0.1) is 5.92 Å². The van der Waals surface area contributed by atoms with Crippen molar-refractivity contribution in [1.82, 2.24) is 4.90 Å². The maximum Gasteiger partial charge on any atom is 0.191 e. The van der Waals surface area contributed by atoms with Crippen molar-refractivity contribution in [1.29, 1.82) is 0 Å². The van der Waals surface area contributed by atoms with Crippen molar-refractivity contribution < 1.29 is 9.47 Å². The first kappa shape index (κ1) is 21.4. The zero-order valence-corrected chi connectivity index (χ0v) is 18.1. The van der Waals surface area contributed by atoms with Crippen molar-refractivity contribution in [3.05, 3.63) is 35.4 Å². The number of ether oxygens (including phenoxy) is 2. The molecule has 1 aromatic rings. The largest absolute Gasteiger partial charge is 0.381 e. The van der Waals surface area contributed by atoms with Crippen LogP contribution in [-0.4, -0.2) is 43.3 Å². The number of rotatable bonds is 5. The molecule has 1 unspecified atom stereocenters. The molecule has 0 bridgehead atoms. The van der Waals surface area contributed by atoms with Gasteiger partial charge in [-0.1, -0.05) is 31.2 Å². The van der Waals surface area contributed by atoms with Crippen LogP contribution in [0.2, 0.25) is 0 Å². The summed E-state index contributed by atoms with van der Waals surface area (Å²) in [4.78, 5) is 6.82. The first-order valence-corrected chi connectivity index (χ1v) is 9.53. The second-order valence-electron chi connectivity index (χ2n) is 7.31. The van der Waals surface area contributed by atoms with Gasteiger partial charge in [-0.25, -0.2) is 4.99 Å². The van der Waals surface area contributed by atoms with Crippen molar-refractivity contribution in [2.24, 2.45) is 16.6 Å². The summed E-state index contributed by atoms with van der Waals surface area (Å²) in [6.45, 7) is 7.24. The molecule has 3 rings (SSSR count). The molecule has 2 aliphatic rings. The van der Waals surface area contributed by atoms with Crippen LogP contribution in [0.25, 0.3) is 0 Å². The summed E-state index contributed by atoms with van der Waals surface area (Å²) in [7, 11) is 0. The fourth-order valence-electron chi connectivity index (χ4n) is 3.54. The number of aliphatic imine (C=N–C) groups is 1. The minimum atomic E-state index is 0. The van der Waals surface area contributed by atoms with Gasteiger partial charge in [-0.3, -0.25) is 0 Å². The van der Waals surface area contributed by atoms with E-state index in [0.29, 0.717) is 31.1 Å². The van der Waals surface area contributed by atoms with Crippen LogP contribution in [-0.2, 0) is 22.6 Å². The quantitative estimate of drug-likeness (QED) is 0.404. The molecule has 2 aliphatic heterocycles. The summed E-state index contributed by atoms with van der Waals surface area (Å²) in [5.41, 5.74) is 8.57. The summed E-state index contributed by atoms with van der Waals surface area (Å²) in [5.74, 6) is 1.38. The second-order valence-corrected chi connectivity index (χ2v) is 7.31. The Morgan fingerprint density at radius 3 is 2.81 bits per heavy atom. The third kappa shape index (κ3) is 6.70. The van der Waals surface area contributed by atoms with Gasteiger partial charge < -0.3 is 20.1 Å². The van der Waals surface area contributed by atoms with E-state index in [-0.39, 0.29) is 24.0 Å². The molecule has 26 heavy (non-hydrogen) atoms. The minimum Gasteiger partial charge on any atom is -0.381 e. The second kappa shape index (κ2) is 11.1. The van der Waals surface area contributed by atoms with Crippen LogP contribution in [0.3, 0.4) is 0 Å². The fraction of sp³-hybridized carbons (Fsp3) is 0.650. The Labute approximate surface area is 174 Å². The SMILES string of the molecule is CC1CCCN(C(N)=NCc2cccc(COC3CCOCC3)c2)C1.I. The summed E-state index contributed by atoms with van der Waals surface area (Å²) in [6, 6.07) is 8.47. The van der Waals surface area contributed by atoms with Crippen molar-refractivity contribution >= 4 is 29.9 Å². The van der Waals surface area contributed by atoms with E-state index in [0.717, 1.165) is 39.1 Å². The number of benzene rings is 1. The van der Waals surface area contributed by atoms with Gasteiger partial charge in [0.15, 0.2) is 5.96 Å². The number of piperidine rings is 1. The lowest BCUT2D eigenvalue weighted by atomic mass is 10.0. The zero-order chi connectivity index (χ0) is 17.5. The van der Waals surface area contributed by atoms with Crippen LogP contribution < -0.4 is 5.73 Å². The van der Waals surface area contributed by atoms with E-state index in [9.17, 15) is 0 Å². The molecule has 0 aromatic heterocycles. The average Bonchev–Trinajstić information content (AvgIpc) is 2.66. The van der Waals surface area contributed by atoms with E-state index in [1.807, 2.05) is 0 Å². The minimum absolute atomic E-state index is 0. The number of hydrogen-bond acceptors (Lipinski definition) is 3. The first-order valence-electron chi connectivity index (χ1n) is 9.53. The summed E-state index contributed by atoms with van der Waals surface area (Å²) < 4.78 is 11.4. The van der Waals surface area contributed by atoms with Gasteiger partial charge in [0.1, 0.15) is 0 Å². The monoisotopic (exact) mass is 473 g/mol. The summed E-state index contributed by atoms with van der Waals surface area (Å²) in [6.07, 6.45) is 4.81. The lowest BCUT2D eigenvalue weighted by Gasteiger charge is -2.31. The van der Waals surface area contributed by atoms with Crippen molar-refractivity contribution in [3.8, 4) is 0 Å². The molecule has 146 valence electrons. The van der Waals surface area contributed by atoms with Gasteiger partial charge in [-0.15, -0.1) is 24.0 Å². The molecule has 1 atom stereocenters. The highest BCUT2D eigenvalue weighted by Crippen LogP contribution is 2.16. The van der Waals surface area contributed by atoms with E-state index in [1.165, 1.54) is 24.0 Å². The Kier molecular flexibility index (Phi) is 9.15. The number of hydrogen-bond donors (Lipinski definition) is 1. The van der Waals surface area contributed by atoms with Crippen LogP contribution in [0.1, 0.15) is 43.7 Å². The van der Waals surface area contributed by atoms with E-state index in [2.05, 4.69) is 41.1 Å². The highest BCUT2D eigenvalue weighted by Gasteiger charge is 2.17. The van der Waals surface area contributed by atoms with Crippen LogP contribution in [0.4, 0.5) is 0 Å². The topological polar surface area (TPSA) is 60.1 Å². The fourth-order valence-corrected chi connectivity index (χ4v) is 3.54. The number of halogens is 1. The maximum absolute atomic E-state index is 6.19. The summed E-state index contributed by atoms with van der Waals surface area (Å²) in [5, 5.41) is 0. The van der Waals surface area contributed by atoms with E-state index in [4.69, 9.17) is 15.2 Å². The zero-order valence-electron chi connectivity index (χ0n) is 15.7. The molecule has 0 radical (unpaired) electrons. The Balaban J connectivity index is 0.00000243. The van der Waals surface area contributed by atoms with Crippen molar-refractivity contribution in [2.45, 2.75) is 51.9 Å². The molecule has 6 heteroatoms. The molecule has 2 fully saturated rings. The predicted molar refractivity (Wildman–Crippen MR) is 116 cm³/mol. The van der Waals surface area contributed by atoms with Gasteiger partial charge >= 0.3 is 0 Å². The highest BCUT2D eigenvalue weighted by atomic mass is 127. The molecule has 5 nitrogen and oxygen atoms in total. The van der Waals surface area contributed by atoms with Crippen molar-refractivity contribution in [2.75, 3.05) is 26.3 Å². The normalized spacial score (nSPS) is 22.1. The molecule has 0 amide bonds. The van der Waals surface area contributed by atoms with Gasteiger partial charge in [0.25, 0.3) is 0 Å². The molecule has 0 aliphatic carbocycles. The van der Waals surface area contributed by atoms with Gasteiger partial charge in [0.05, 0.1) is 19.3 Å². The predicted octanol–water partition coefficient (Wildman–Crippen LogP) is 3.55. The first-order chi connectivity index (χ1) is 12.2. The molecular formula is C20H32IN3O2. The Bertz CT molecular complexity index is 576. The number of nitrogens with two attached hydrogens (primary N) is 1. The highest BCUT2D eigenvalue weighted by molar-refractivity contribution is 14.0. The third-order valence-electron chi connectivity index (χ3n) is 5.05. The van der Waals surface area contributed by atoms with Crippen LogP contribution in [0.5, 0.6) is 0 Å². The number of guanidine groups is 1. The number of nitrogens with zero attached hydrogens (tertiary/aromatic N) is 2. The molecule has 2 heterocycles. The smallest absolute Gasteiger partial charge is 0.191 e. The molecular weight excluding hydrogens is 441 g/mol. The van der Waals surface area contributed by atoms with Gasteiger partial charge in [0, 0.05) is 26.3 Å². The maximum atomic E-state index is 6.19. The lowest BCUT2D eigenvalue weighted by molar-refractivity contribution is -0.0390. The number of likely N-dealkylation sites (tertiary alicyclic amines) is 1. The Hall–Kier alpha value is -0.860. The average molecular weight is 473 g/mol. The Morgan fingerprint density at radius 1 is 1.27 bits per heavy atom. The van der Waals surface area contributed by atoms with Gasteiger partial charge in [-0.2, -0.15) is 0 Å². The molecule has 2 saturated heterocycles. The third-order valence-corrected chi connectivity index (χ3v) is 5.05. The van der Waals surface area contributed by atoms with Gasteiger partial charge in [-0.05, 0) is 42.7 Å².